The minimum Gasteiger partial charge on any atom is -0.480 e. The Morgan fingerprint density at radius 3 is 1.41 bits per heavy atom. The Labute approximate surface area is 231 Å². The predicted molar refractivity (Wildman–Crippen MR) is 144 cm³/mol. The average Bonchev–Trinajstić information content (AvgIpc) is 2.93. The standard InChI is InChI=1S/C26H48N2O11/c1-28-24(26(30)31)6-4-3-5-23(27)25(29)7-8-33-11-12-35-15-16-37-19-20-39-22-21-38-18-17-36-14-13-34-10-9-32-2/h24,27H,1,3-22H2,2H3,(H,30,31)/t24-/m1/s1. The summed E-state index contributed by atoms with van der Waals surface area (Å²) in [6, 6.07) is -0.831. The molecule has 0 aromatic rings. The highest BCUT2D eigenvalue weighted by atomic mass is 16.6. The van der Waals surface area contributed by atoms with E-state index in [0.29, 0.717) is 118 Å². The lowest BCUT2D eigenvalue weighted by Crippen LogP contribution is -2.18. The van der Waals surface area contributed by atoms with Gasteiger partial charge in [0.1, 0.15) is 6.04 Å². The maximum absolute atomic E-state index is 11.9. The van der Waals surface area contributed by atoms with E-state index in [9.17, 15) is 9.59 Å². The molecule has 0 aliphatic rings. The van der Waals surface area contributed by atoms with Gasteiger partial charge in [-0.15, -0.1) is 0 Å². The van der Waals surface area contributed by atoms with Gasteiger partial charge in [-0.05, 0) is 26.0 Å². The first-order valence-electron chi connectivity index (χ1n) is 13.3. The molecule has 1 atom stereocenters. The first-order chi connectivity index (χ1) is 19.0. The van der Waals surface area contributed by atoms with Gasteiger partial charge in [0, 0.05) is 13.5 Å². The Morgan fingerprint density at radius 2 is 1.05 bits per heavy atom. The van der Waals surface area contributed by atoms with E-state index in [-0.39, 0.29) is 24.5 Å². The van der Waals surface area contributed by atoms with Crippen LogP contribution >= 0.6 is 0 Å². The maximum atomic E-state index is 11.9. The Hall–Kier alpha value is -1.84. The topological polar surface area (TPSA) is 164 Å². The fourth-order valence-electron chi connectivity index (χ4n) is 2.95. The molecule has 0 fully saturated rings. The lowest BCUT2D eigenvalue weighted by molar-refractivity contribution is -0.138. The summed E-state index contributed by atoms with van der Waals surface area (Å²) in [7, 11) is 1.63. The summed E-state index contributed by atoms with van der Waals surface area (Å²) < 4.78 is 42.6. The average molecular weight is 565 g/mol. The number of unbranched alkanes of at least 4 members (excludes halogenated alkanes) is 1. The number of carbonyl (C=O) groups excluding carboxylic acids is 1. The summed E-state index contributed by atoms with van der Waals surface area (Å²) in [4.78, 5) is 26.3. The number of nitrogens with zero attached hydrogens (tertiary/aromatic N) is 1. The van der Waals surface area contributed by atoms with E-state index in [2.05, 4.69) is 11.7 Å². The van der Waals surface area contributed by atoms with Crippen LogP contribution in [0.25, 0.3) is 0 Å². The van der Waals surface area contributed by atoms with Crippen LogP contribution in [0.1, 0.15) is 32.1 Å². The number of rotatable bonds is 32. The SMILES string of the molecule is C=N[C@H](CCCCC(=N)C(=O)CCOCCOCCOCCOCCOCCOCCOCCOC)C(=O)O. The number of aliphatic imine (C=N–C) groups is 1. The van der Waals surface area contributed by atoms with E-state index < -0.39 is 12.0 Å². The van der Waals surface area contributed by atoms with Crippen LogP contribution in [0.3, 0.4) is 0 Å². The largest absolute Gasteiger partial charge is 0.480 e. The molecule has 0 amide bonds. The van der Waals surface area contributed by atoms with Crippen molar-refractivity contribution >= 4 is 24.2 Å². The molecule has 0 spiro atoms. The molecule has 0 aliphatic heterocycles. The first kappa shape index (κ1) is 37.2. The minimum atomic E-state index is -1.01. The molecule has 0 rings (SSSR count). The number of carboxylic acids is 1. The van der Waals surface area contributed by atoms with E-state index >= 15 is 0 Å². The van der Waals surface area contributed by atoms with Crippen molar-refractivity contribution in [2.24, 2.45) is 4.99 Å². The van der Waals surface area contributed by atoms with E-state index in [1.165, 1.54) is 0 Å². The van der Waals surface area contributed by atoms with Crippen LogP contribution in [0.5, 0.6) is 0 Å². The normalized spacial score (nSPS) is 11.9. The van der Waals surface area contributed by atoms with Gasteiger partial charge in [-0.3, -0.25) is 9.79 Å². The number of hydrogen-bond acceptors (Lipinski definition) is 12. The van der Waals surface area contributed by atoms with Crippen molar-refractivity contribution in [1.29, 1.82) is 5.41 Å². The van der Waals surface area contributed by atoms with Gasteiger partial charge in [-0.25, -0.2) is 4.79 Å². The zero-order valence-corrected chi connectivity index (χ0v) is 23.4. The third kappa shape index (κ3) is 26.2. The van der Waals surface area contributed by atoms with E-state index in [4.69, 9.17) is 48.4 Å². The van der Waals surface area contributed by atoms with E-state index in [1.807, 2.05) is 0 Å². The van der Waals surface area contributed by atoms with Gasteiger partial charge in [0.15, 0.2) is 5.78 Å². The lowest BCUT2D eigenvalue weighted by atomic mass is 10.0. The molecular weight excluding hydrogens is 516 g/mol. The summed E-state index contributed by atoms with van der Waals surface area (Å²) in [6.07, 6.45) is 1.92. The van der Waals surface area contributed by atoms with Crippen molar-refractivity contribution in [3.63, 3.8) is 0 Å². The highest BCUT2D eigenvalue weighted by Gasteiger charge is 2.14. The predicted octanol–water partition coefficient (Wildman–Crippen LogP) is 1.44. The first-order valence-corrected chi connectivity index (χ1v) is 13.3. The van der Waals surface area contributed by atoms with E-state index in [0.717, 1.165) is 0 Å². The molecule has 39 heavy (non-hydrogen) atoms. The Balaban J connectivity index is 3.30. The lowest BCUT2D eigenvalue weighted by Gasteiger charge is -2.08. The number of ketones is 1. The van der Waals surface area contributed by atoms with Gasteiger partial charge < -0.3 is 48.4 Å². The molecule has 13 nitrogen and oxygen atoms in total. The molecule has 0 aromatic carbocycles. The smallest absolute Gasteiger partial charge is 0.328 e. The second-order valence-corrected chi connectivity index (χ2v) is 8.21. The minimum absolute atomic E-state index is 0.0306. The fourth-order valence-corrected chi connectivity index (χ4v) is 2.95. The van der Waals surface area contributed by atoms with Crippen LogP contribution in [0.4, 0.5) is 0 Å². The molecule has 2 N–H and O–H groups in total. The number of nitrogens with one attached hydrogen (secondary N) is 1. The Kier molecular flexibility index (Phi) is 27.8. The second kappa shape index (κ2) is 29.2. The van der Waals surface area contributed by atoms with Gasteiger partial charge in [0.2, 0.25) is 0 Å². The quantitative estimate of drug-likeness (QED) is 0.0897. The number of aliphatic carboxylic acids is 1. The summed E-state index contributed by atoms with van der Waals surface area (Å²) >= 11 is 0. The van der Waals surface area contributed by atoms with Gasteiger partial charge in [-0.2, -0.15) is 0 Å². The fraction of sp³-hybridized carbons (Fsp3) is 0.846. The Bertz CT molecular complexity index is 623. The number of carboxylic acid groups (broad SMARTS) is 1. The maximum Gasteiger partial charge on any atom is 0.328 e. The monoisotopic (exact) mass is 564 g/mol. The molecule has 0 heterocycles. The number of hydrogen-bond donors (Lipinski definition) is 2. The number of Topliss-reactive ketones (excluding diaryl/α,β-unsaturated/α-hetero) is 1. The van der Waals surface area contributed by atoms with Gasteiger partial charge in [0.25, 0.3) is 0 Å². The van der Waals surface area contributed by atoms with Crippen LogP contribution in [0.2, 0.25) is 0 Å². The zero-order chi connectivity index (χ0) is 28.8. The van der Waals surface area contributed by atoms with Gasteiger partial charge in [-0.1, -0.05) is 6.42 Å². The van der Waals surface area contributed by atoms with Crippen molar-refractivity contribution in [3.05, 3.63) is 0 Å². The van der Waals surface area contributed by atoms with Gasteiger partial charge in [0.05, 0.1) is 105 Å². The van der Waals surface area contributed by atoms with Crippen LogP contribution in [0.15, 0.2) is 4.99 Å². The van der Waals surface area contributed by atoms with Crippen molar-refractivity contribution < 1.29 is 52.6 Å². The number of methoxy groups -OCH3 is 1. The van der Waals surface area contributed by atoms with Gasteiger partial charge >= 0.3 is 5.97 Å². The molecule has 13 heteroatoms. The highest BCUT2D eigenvalue weighted by molar-refractivity contribution is 6.38. The molecule has 0 aliphatic carbocycles. The van der Waals surface area contributed by atoms with Crippen molar-refractivity contribution in [3.8, 4) is 0 Å². The van der Waals surface area contributed by atoms with Crippen molar-refractivity contribution in [2.45, 2.75) is 38.1 Å². The summed E-state index contributed by atoms with van der Waals surface area (Å²) in [5.41, 5.74) is 0.0306. The molecular formula is C26H48N2O11. The van der Waals surface area contributed by atoms with E-state index in [1.54, 1.807) is 7.11 Å². The Morgan fingerprint density at radius 1 is 0.667 bits per heavy atom. The number of ether oxygens (including phenoxy) is 8. The highest BCUT2D eigenvalue weighted by Crippen LogP contribution is 2.08. The molecule has 0 unspecified atom stereocenters. The van der Waals surface area contributed by atoms with Crippen LogP contribution in [0, 0.1) is 5.41 Å². The van der Waals surface area contributed by atoms with Crippen molar-refractivity contribution in [1.82, 2.24) is 0 Å². The van der Waals surface area contributed by atoms with Crippen molar-refractivity contribution in [2.75, 3.05) is 106 Å². The third-order valence-electron chi connectivity index (χ3n) is 5.13. The summed E-state index contributed by atoms with van der Waals surface area (Å²) in [6.45, 7) is 10.2. The molecule has 0 saturated carbocycles. The zero-order valence-electron chi connectivity index (χ0n) is 23.4. The molecule has 0 bridgehead atoms. The van der Waals surface area contributed by atoms with Crippen LogP contribution in [-0.2, 0) is 47.5 Å². The second-order valence-electron chi connectivity index (χ2n) is 8.21. The van der Waals surface area contributed by atoms with Crippen LogP contribution < -0.4 is 0 Å². The molecule has 0 saturated heterocycles. The van der Waals surface area contributed by atoms with Crippen LogP contribution in [-0.4, -0.2) is 142 Å². The molecule has 0 aromatic heterocycles. The third-order valence-corrected chi connectivity index (χ3v) is 5.13. The number of carbonyl (C=O) groups is 2. The molecule has 228 valence electrons. The summed E-state index contributed by atoms with van der Waals surface area (Å²) in [5.74, 6) is -1.28. The molecule has 0 radical (unpaired) electrons. The summed E-state index contributed by atoms with van der Waals surface area (Å²) in [5, 5.41) is 16.7.